The fourth-order valence-electron chi connectivity index (χ4n) is 1.85. The molecule has 126 valence electrons. The molecule has 1 atom stereocenters. The quantitative estimate of drug-likeness (QED) is 0.755. The molecule has 0 heterocycles. The van der Waals surface area contributed by atoms with Crippen LogP contribution in [0.5, 0.6) is 0 Å². The van der Waals surface area contributed by atoms with Crippen LogP contribution in [0.4, 0.5) is 10.5 Å². The molecule has 1 amide bonds. The maximum atomic E-state index is 11.8. The summed E-state index contributed by atoms with van der Waals surface area (Å²) in [5.41, 5.74) is -0.500. The van der Waals surface area contributed by atoms with E-state index in [0.717, 1.165) is 0 Å². The molecular formula is C15H18ClNO6. The highest BCUT2D eigenvalue weighted by molar-refractivity contribution is 6.30. The molecule has 0 aliphatic rings. The molecule has 0 fully saturated rings. The SMILES string of the molecule is CC(C)(C)OC(=O)Nc1ccc(Cl)cc1C(CC(=O)O)C(=O)O. The zero-order valence-corrected chi connectivity index (χ0v) is 13.7. The van der Waals surface area contributed by atoms with E-state index in [4.69, 9.17) is 21.4 Å². The fourth-order valence-corrected chi connectivity index (χ4v) is 2.03. The van der Waals surface area contributed by atoms with Crippen molar-refractivity contribution in [1.29, 1.82) is 0 Å². The fraction of sp³-hybridized carbons (Fsp3) is 0.400. The third-order valence-corrected chi connectivity index (χ3v) is 2.94. The number of nitrogens with one attached hydrogen (secondary N) is 1. The number of carboxylic acids is 2. The van der Waals surface area contributed by atoms with Gasteiger partial charge in [0.05, 0.1) is 12.3 Å². The maximum Gasteiger partial charge on any atom is 0.412 e. The van der Waals surface area contributed by atoms with Gasteiger partial charge in [0.25, 0.3) is 0 Å². The lowest BCUT2D eigenvalue weighted by Gasteiger charge is -2.21. The number of carbonyl (C=O) groups is 3. The lowest BCUT2D eigenvalue weighted by molar-refractivity contribution is -0.145. The molecule has 0 saturated heterocycles. The van der Waals surface area contributed by atoms with Gasteiger partial charge in [0.1, 0.15) is 5.60 Å². The van der Waals surface area contributed by atoms with Gasteiger partial charge in [-0.25, -0.2) is 4.79 Å². The summed E-state index contributed by atoms with van der Waals surface area (Å²) in [6.07, 6.45) is -1.42. The number of ether oxygens (including phenoxy) is 1. The number of benzene rings is 1. The number of carboxylic acid groups (broad SMARTS) is 2. The number of rotatable bonds is 5. The Bertz CT molecular complexity index is 623. The minimum atomic E-state index is -1.35. The van der Waals surface area contributed by atoms with Crippen LogP contribution in [-0.2, 0) is 14.3 Å². The van der Waals surface area contributed by atoms with Gasteiger partial charge in [-0.05, 0) is 44.5 Å². The molecule has 1 rings (SSSR count). The van der Waals surface area contributed by atoms with Gasteiger partial charge in [-0.3, -0.25) is 14.9 Å². The average molecular weight is 344 g/mol. The van der Waals surface area contributed by atoms with Crippen molar-refractivity contribution in [1.82, 2.24) is 0 Å². The van der Waals surface area contributed by atoms with E-state index in [1.165, 1.54) is 18.2 Å². The molecular weight excluding hydrogens is 326 g/mol. The number of carbonyl (C=O) groups excluding carboxylic acids is 1. The molecule has 1 unspecified atom stereocenters. The molecule has 0 radical (unpaired) electrons. The Hall–Kier alpha value is -2.28. The number of anilines is 1. The highest BCUT2D eigenvalue weighted by Crippen LogP contribution is 2.31. The topological polar surface area (TPSA) is 113 Å². The Kier molecular flexibility index (Phi) is 5.98. The number of hydrogen-bond donors (Lipinski definition) is 3. The molecule has 0 aliphatic heterocycles. The van der Waals surface area contributed by atoms with Crippen molar-refractivity contribution in [3.8, 4) is 0 Å². The van der Waals surface area contributed by atoms with Crippen molar-refractivity contribution < 1.29 is 29.3 Å². The molecule has 0 saturated carbocycles. The zero-order chi connectivity index (χ0) is 17.8. The van der Waals surface area contributed by atoms with Crippen LogP contribution >= 0.6 is 11.6 Å². The summed E-state index contributed by atoms with van der Waals surface area (Å²) in [5.74, 6) is -3.96. The van der Waals surface area contributed by atoms with Gasteiger partial charge in [-0.2, -0.15) is 0 Å². The molecule has 7 nitrogen and oxygen atoms in total. The minimum Gasteiger partial charge on any atom is -0.481 e. The molecule has 0 spiro atoms. The predicted octanol–water partition coefficient (Wildman–Crippen LogP) is 3.33. The zero-order valence-electron chi connectivity index (χ0n) is 12.9. The molecule has 1 aromatic rings. The molecule has 23 heavy (non-hydrogen) atoms. The Labute approximate surface area is 138 Å². The Balaban J connectivity index is 3.16. The Morgan fingerprint density at radius 2 is 1.87 bits per heavy atom. The minimum absolute atomic E-state index is 0.0956. The van der Waals surface area contributed by atoms with E-state index < -0.39 is 36.0 Å². The van der Waals surface area contributed by atoms with E-state index >= 15 is 0 Å². The van der Waals surface area contributed by atoms with Crippen molar-refractivity contribution >= 4 is 35.3 Å². The van der Waals surface area contributed by atoms with Crippen LogP contribution in [0.15, 0.2) is 18.2 Å². The summed E-state index contributed by atoms with van der Waals surface area (Å²) in [5, 5.41) is 20.8. The van der Waals surface area contributed by atoms with Crippen molar-refractivity contribution in [2.75, 3.05) is 5.32 Å². The number of aliphatic carboxylic acids is 2. The predicted molar refractivity (Wildman–Crippen MR) is 83.9 cm³/mol. The Morgan fingerprint density at radius 1 is 1.26 bits per heavy atom. The van der Waals surface area contributed by atoms with Gasteiger partial charge in [-0.15, -0.1) is 0 Å². The van der Waals surface area contributed by atoms with E-state index in [9.17, 15) is 19.5 Å². The average Bonchev–Trinajstić information content (AvgIpc) is 2.35. The molecule has 8 heteroatoms. The van der Waals surface area contributed by atoms with Crippen LogP contribution in [0.1, 0.15) is 38.7 Å². The van der Waals surface area contributed by atoms with E-state index in [0.29, 0.717) is 0 Å². The van der Waals surface area contributed by atoms with E-state index in [-0.39, 0.29) is 16.3 Å². The highest BCUT2D eigenvalue weighted by atomic mass is 35.5. The first-order chi connectivity index (χ1) is 10.5. The highest BCUT2D eigenvalue weighted by Gasteiger charge is 2.27. The van der Waals surface area contributed by atoms with Gasteiger partial charge in [0.2, 0.25) is 0 Å². The maximum absolute atomic E-state index is 11.8. The molecule has 0 aromatic heterocycles. The molecule has 0 aliphatic carbocycles. The second-order valence-corrected chi connectivity index (χ2v) is 6.28. The number of amides is 1. The van der Waals surface area contributed by atoms with Crippen LogP contribution < -0.4 is 5.32 Å². The van der Waals surface area contributed by atoms with Crippen molar-refractivity contribution in [3.63, 3.8) is 0 Å². The largest absolute Gasteiger partial charge is 0.481 e. The first-order valence-electron chi connectivity index (χ1n) is 6.73. The molecule has 3 N–H and O–H groups in total. The number of hydrogen-bond acceptors (Lipinski definition) is 4. The third kappa shape index (κ3) is 6.15. The third-order valence-electron chi connectivity index (χ3n) is 2.70. The van der Waals surface area contributed by atoms with Crippen LogP contribution in [0.3, 0.4) is 0 Å². The van der Waals surface area contributed by atoms with Crippen molar-refractivity contribution in [3.05, 3.63) is 28.8 Å². The summed E-state index contributed by atoms with van der Waals surface area (Å²) in [6, 6.07) is 4.17. The summed E-state index contributed by atoms with van der Waals surface area (Å²) in [6.45, 7) is 5.04. The van der Waals surface area contributed by atoms with Crippen LogP contribution in [0.2, 0.25) is 5.02 Å². The van der Waals surface area contributed by atoms with E-state index in [1.807, 2.05) is 0 Å². The lowest BCUT2D eigenvalue weighted by atomic mass is 9.94. The first-order valence-corrected chi connectivity index (χ1v) is 7.11. The first kappa shape index (κ1) is 18.8. The van der Waals surface area contributed by atoms with Crippen LogP contribution in [0, 0.1) is 0 Å². The molecule has 0 bridgehead atoms. The molecule has 1 aromatic carbocycles. The lowest BCUT2D eigenvalue weighted by Crippen LogP contribution is -2.28. The summed E-state index contributed by atoms with van der Waals surface area (Å²) < 4.78 is 5.10. The van der Waals surface area contributed by atoms with Crippen LogP contribution in [-0.4, -0.2) is 33.8 Å². The number of halogens is 1. The monoisotopic (exact) mass is 343 g/mol. The van der Waals surface area contributed by atoms with Gasteiger partial charge < -0.3 is 14.9 Å². The van der Waals surface area contributed by atoms with Crippen LogP contribution in [0.25, 0.3) is 0 Å². The smallest absolute Gasteiger partial charge is 0.412 e. The Morgan fingerprint density at radius 3 is 2.35 bits per heavy atom. The van der Waals surface area contributed by atoms with Gasteiger partial charge in [-0.1, -0.05) is 11.6 Å². The van der Waals surface area contributed by atoms with Crippen molar-refractivity contribution in [2.24, 2.45) is 0 Å². The normalized spacial score (nSPS) is 12.3. The van der Waals surface area contributed by atoms with E-state index in [2.05, 4.69) is 5.32 Å². The summed E-state index contributed by atoms with van der Waals surface area (Å²) >= 11 is 5.86. The van der Waals surface area contributed by atoms with Crippen molar-refractivity contribution in [2.45, 2.75) is 38.7 Å². The van der Waals surface area contributed by atoms with Gasteiger partial charge in [0.15, 0.2) is 0 Å². The standard InChI is InChI=1S/C15H18ClNO6/c1-15(2,3)23-14(22)17-11-5-4-8(16)6-9(11)10(13(20)21)7-12(18)19/h4-6,10H,7H2,1-3H3,(H,17,22)(H,18,19)(H,20,21). The second kappa shape index (κ2) is 7.32. The van der Waals surface area contributed by atoms with Gasteiger partial charge in [0, 0.05) is 10.7 Å². The van der Waals surface area contributed by atoms with Gasteiger partial charge >= 0.3 is 18.0 Å². The van der Waals surface area contributed by atoms with E-state index in [1.54, 1.807) is 20.8 Å². The second-order valence-electron chi connectivity index (χ2n) is 5.85. The summed E-state index contributed by atoms with van der Waals surface area (Å²) in [7, 11) is 0. The summed E-state index contributed by atoms with van der Waals surface area (Å²) in [4.78, 5) is 34.1.